The highest BCUT2D eigenvalue weighted by Gasteiger charge is 2.27. The maximum Gasteiger partial charge on any atom is 0.184 e. The summed E-state index contributed by atoms with van der Waals surface area (Å²) in [6.45, 7) is 5.31. The van der Waals surface area contributed by atoms with Crippen LogP contribution in [0, 0.1) is 0 Å². The van der Waals surface area contributed by atoms with Gasteiger partial charge in [0.2, 0.25) is 0 Å². The number of ether oxygens (including phenoxy) is 4. The Morgan fingerprint density at radius 2 is 1.77 bits per heavy atom. The molecule has 4 nitrogen and oxygen atoms in total. The molecule has 1 aliphatic heterocycles. The second-order valence-electron chi connectivity index (χ2n) is 6.42. The molecule has 0 spiro atoms. The third-order valence-electron chi connectivity index (χ3n) is 4.34. The predicted octanol–water partition coefficient (Wildman–Crippen LogP) is 5.40. The largest absolute Gasteiger partial charge is 0.493 e. The Balaban J connectivity index is 1.40. The molecular weight excluding hydrogens is 352 g/mol. The highest BCUT2D eigenvalue weighted by Crippen LogP contribution is 2.29. The highest BCUT2D eigenvalue weighted by molar-refractivity contribution is 6.30. The van der Waals surface area contributed by atoms with Crippen molar-refractivity contribution in [2.45, 2.75) is 45.2 Å². The lowest BCUT2D eigenvalue weighted by atomic mass is 10.2. The molecule has 3 unspecified atom stereocenters. The van der Waals surface area contributed by atoms with Crippen molar-refractivity contribution in [2.75, 3.05) is 13.2 Å². The molecule has 5 heteroatoms. The third kappa shape index (κ3) is 5.37. The van der Waals surface area contributed by atoms with Gasteiger partial charge in [-0.05, 0) is 49.7 Å². The summed E-state index contributed by atoms with van der Waals surface area (Å²) in [5.74, 6) is 1.69. The number of hydrogen-bond donors (Lipinski definition) is 0. The summed E-state index contributed by atoms with van der Waals surface area (Å²) in [6.07, 6.45) is 1.68. The van der Waals surface area contributed by atoms with Crippen LogP contribution in [0.2, 0.25) is 5.02 Å². The summed E-state index contributed by atoms with van der Waals surface area (Å²) in [7, 11) is 0. The van der Waals surface area contributed by atoms with Gasteiger partial charge in [-0.3, -0.25) is 0 Å². The molecule has 0 amide bonds. The van der Waals surface area contributed by atoms with Gasteiger partial charge in [0.25, 0.3) is 0 Å². The molecule has 1 saturated heterocycles. The second kappa shape index (κ2) is 9.26. The van der Waals surface area contributed by atoms with Gasteiger partial charge in [-0.2, -0.15) is 0 Å². The van der Waals surface area contributed by atoms with E-state index in [2.05, 4.69) is 13.8 Å². The number of hydrogen-bond acceptors (Lipinski definition) is 4. The van der Waals surface area contributed by atoms with E-state index in [1.807, 2.05) is 48.5 Å². The summed E-state index contributed by atoms with van der Waals surface area (Å²) < 4.78 is 23.2. The molecule has 140 valence electrons. The summed E-state index contributed by atoms with van der Waals surface area (Å²) in [6, 6.07) is 15.3. The number of halogens is 1. The normalized spacial score (nSPS) is 20.7. The van der Waals surface area contributed by atoms with Gasteiger partial charge in [-0.15, -0.1) is 0 Å². The van der Waals surface area contributed by atoms with Crippen LogP contribution in [0.4, 0.5) is 0 Å². The Morgan fingerprint density at radius 3 is 2.46 bits per heavy atom. The molecule has 2 aromatic rings. The minimum absolute atomic E-state index is 0.0312. The van der Waals surface area contributed by atoms with Crippen LogP contribution < -0.4 is 9.47 Å². The lowest BCUT2D eigenvalue weighted by Gasteiger charge is -2.14. The van der Waals surface area contributed by atoms with Gasteiger partial charge in [0, 0.05) is 17.0 Å². The van der Waals surface area contributed by atoms with Crippen molar-refractivity contribution in [1.29, 1.82) is 0 Å². The standard InChI is InChI=1S/C21H25ClO4/c1-3-15(2)25-19-10-8-18(9-11-19)23-13-12-20-14-24-21(26-20)16-4-6-17(22)7-5-16/h4-11,15,20-21H,3,12-14H2,1-2H3. The lowest BCUT2D eigenvalue weighted by Crippen LogP contribution is -2.14. The molecule has 3 atom stereocenters. The number of benzene rings is 2. The molecule has 26 heavy (non-hydrogen) atoms. The number of rotatable bonds is 8. The van der Waals surface area contributed by atoms with E-state index in [0.29, 0.717) is 18.2 Å². The van der Waals surface area contributed by atoms with Crippen LogP contribution in [0.5, 0.6) is 11.5 Å². The summed E-state index contributed by atoms with van der Waals surface area (Å²) in [5, 5.41) is 0.706. The van der Waals surface area contributed by atoms with Crippen LogP contribution in [0.25, 0.3) is 0 Å². The van der Waals surface area contributed by atoms with E-state index in [-0.39, 0.29) is 18.5 Å². The van der Waals surface area contributed by atoms with Gasteiger partial charge < -0.3 is 18.9 Å². The van der Waals surface area contributed by atoms with Crippen LogP contribution in [-0.4, -0.2) is 25.4 Å². The van der Waals surface area contributed by atoms with E-state index in [0.717, 1.165) is 29.9 Å². The minimum Gasteiger partial charge on any atom is -0.493 e. The third-order valence-corrected chi connectivity index (χ3v) is 4.59. The average Bonchev–Trinajstić information content (AvgIpc) is 3.12. The lowest BCUT2D eigenvalue weighted by molar-refractivity contribution is -0.0623. The van der Waals surface area contributed by atoms with Crippen LogP contribution in [-0.2, 0) is 9.47 Å². The van der Waals surface area contributed by atoms with Crippen LogP contribution in [0.1, 0.15) is 38.5 Å². The average molecular weight is 377 g/mol. The Hall–Kier alpha value is -1.75. The van der Waals surface area contributed by atoms with Crippen molar-refractivity contribution in [3.63, 3.8) is 0 Å². The molecule has 0 N–H and O–H groups in total. The SMILES string of the molecule is CCC(C)Oc1ccc(OCCC2COC(c3ccc(Cl)cc3)O2)cc1. The first kappa shape index (κ1) is 19.0. The topological polar surface area (TPSA) is 36.9 Å². The molecule has 0 saturated carbocycles. The molecule has 1 fully saturated rings. The fraction of sp³-hybridized carbons (Fsp3) is 0.429. The molecule has 3 rings (SSSR count). The van der Waals surface area contributed by atoms with Crippen LogP contribution >= 0.6 is 11.6 Å². The maximum atomic E-state index is 5.94. The first-order valence-corrected chi connectivity index (χ1v) is 9.44. The maximum absolute atomic E-state index is 5.94. The summed E-state index contributed by atoms with van der Waals surface area (Å²) >= 11 is 5.91. The van der Waals surface area contributed by atoms with Crippen molar-refractivity contribution in [3.8, 4) is 11.5 Å². The molecule has 0 aromatic heterocycles. The van der Waals surface area contributed by atoms with E-state index in [1.165, 1.54) is 0 Å². The predicted molar refractivity (Wildman–Crippen MR) is 102 cm³/mol. The fourth-order valence-electron chi connectivity index (χ4n) is 2.63. The monoisotopic (exact) mass is 376 g/mol. The Kier molecular flexibility index (Phi) is 6.78. The van der Waals surface area contributed by atoms with Gasteiger partial charge in [0.1, 0.15) is 11.5 Å². The van der Waals surface area contributed by atoms with E-state index < -0.39 is 0 Å². The molecule has 0 bridgehead atoms. The minimum atomic E-state index is -0.325. The quantitative estimate of drug-likeness (QED) is 0.618. The second-order valence-corrected chi connectivity index (χ2v) is 6.86. The van der Waals surface area contributed by atoms with Crippen molar-refractivity contribution in [2.24, 2.45) is 0 Å². The van der Waals surface area contributed by atoms with Crippen LogP contribution in [0.3, 0.4) is 0 Å². The van der Waals surface area contributed by atoms with E-state index in [1.54, 1.807) is 0 Å². The fourth-order valence-corrected chi connectivity index (χ4v) is 2.76. The highest BCUT2D eigenvalue weighted by atomic mass is 35.5. The van der Waals surface area contributed by atoms with Gasteiger partial charge in [0.15, 0.2) is 6.29 Å². The Morgan fingerprint density at radius 1 is 1.08 bits per heavy atom. The van der Waals surface area contributed by atoms with E-state index >= 15 is 0 Å². The van der Waals surface area contributed by atoms with Gasteiger partial charge in [0.05, 0.1) is 25.4 Å². The van der Waals surface area contributed by atoms with E-state index in [4.69, 9.17) is 30.5 Å². The molecular formula is C21H25ClO4. The van der Waals surface area contributed by atoms with Gasteiger partial charge in [-0.25, -0.2) is 0 Å². The smallest absolute Gasteiger partial charge is 0.184 e. The Labute approximate surface area is 160 Å². The van der Waals surface area contributed by atoms with Gasteiger partial charge in [-0.1, -0.05) is 30.7 Å². The molecule has 1 aliphatic rings. The van der Waals surface area contributed by atoms with Gasteiger partial charge >= 0.3 is 0 Å². The van der Waals surface area contributed by atoms with E-state index in [9.17, 15) is 0 Å². The first-order valence-electron chi connectivity index (χ1n) is 9.06. The summed E-state index contributed by atoms with van der Waals surface area (Å²) in [4.78, 5) is 0. The van der Waals surface area contributed by atoms with Crippen molar-refractivity contribution in [1.82, 2.24) is 0 Å². The zero-order chi connectivity index (χ0) is 18.4. The molecule has 2 aromatic carbocycles. The van der Waals surface area contributed by atoms with Crippen molar-refractivity contribution in [3.05, 3.63) is 59.1 Å². The summed E-state index contributed by atoms with van der Waals surface area (Å²) in [5.41, 5.74) is 0.981. The van der Waals surface area contributed by atoms with Crippen molar-refractivity contribution >= 4 is 11.6 Å². The molecule has 1 heterocycles. The molecule has 0 aliphatic carbocycles. The zero-order valence-corrected chi connectivity index (χ0v) is 15.9. The Bertz CT molecular complexity index is 671. The zero-order valence-electron chi connectivity index (χ0n) is 15.2. The van der Waals surface area contributed by atoms with Crippen molar-refractivity contribution < 1.29 is 18.9 Å². The van der Waals surface area contributed by atoms with Crippen LogP contribution in [0.15, 0.2) is 48.5 Å². The first-order chi connectivity index (χ1) is 12.6. The molecule has 0 radical (unpaired) electrons.